The van der Waals surface area contributed by atoms with Crippen molar-refractivity contribution in [2.24, 2.45) is 5.92 Å². The zero-order valence-corrected chi connectivity index (χ0v) is 21.8. The number of hydrogen-bond acceptors (Lipinski definition) is 5. The van der Waals surface area contributed by atoms with Gasteiger partial charge < -0.3 is 10.1 Å². The first-order valence-electron chi connectivity index (χ1n) is 10.9. The molecule has 0 saturated heterocycles. The van der Waals surface area contributed by atoms with Gasteiger partial charge in [-0.3, -0.25) is 4.72 Å². The summed E-state index contributed by atoms with van der Waals surface area (Å²) in [5.74, 6) is -0.818. The van der Waals surface area contributed by atoms with Crippen LogP contribution in [0.5, 0.6) is 5.75 Å². The molecule has 1 aliphatic carbocycles. The van der Waals surface area contributed by atoms with E-state index in [2.05, 4.69) is 21.1 Å². The number of hydrogen-bond donors (Lipinski definition) is 2. The van der Waals surface area contributed by atoms with E-state index in [1.54, 1.807) is 17.0 Å². The second kappa shape index (κ2) is 11.8. The van der Waals surface area contributed by atoms with Crippen molar-refractivity contribution >= 4 is 56.9 Å². The van der Waals surface area contributed by atoms with Crippen molar-refractivity contribution in [3.63, 3.8) is 0 Å². The molecule has 3 aromatic rings. The molecule has 4 rings (SSSR count). The number of ether oxygens (including phenoxy) is 1. The number of anilines is 1. The van der Waals surface area contributed by atoms with Crippen molar-refractivity contribution in [3.05, 3.63) is 74.5 Å². The summed E-state index contributed by atoms with van der Waals surface area (Å²) in [7, 11) is -1.88. The molecule has 0 amide bonds. The van der Waals surface area contributed by atoms with Crippen LogP contribution in [0.2, 0.25) is 10.0 Å². The quantitative estimate of drug-likeness (QED) is 0.306. The lowest BCUT2D eigenvalue weighted by Crippen LogP contribution is -2.41. The van der Waals surface area contributed by atoms with Gasteiger partial charge in [-0.1, -0.05) is 42.3 Å². The van der Waals surface area contributed by atoms with Gasteiger partial charge in [-0.15, -0.1) is 11.3 Å². The van der Waals surface area contributed by atoms with Gasteiger partial charge in [0.2, 0.25) is 0 Å². The minimum Gasteiger partial charge on any atom is -0.491 e. The van der Waals surface area contributed by atoms with Gasteiger partial charge >= 0.3 is 0 Å². The maximum Gasteiger partial charge on any atom is 0.154 e. The third-order valence-corrected chi connectivity index (χ3v) is 7.98. The van der Waals surface area contributed by atoms with E-state index in [1.807, 2.05) is 6.92 Å². The summed E-state index contributed by atoms with van der Waals surface area (Å²) < 4.78 is 50.2. The van der Waals surface area contributed by atoms with E-state index in [1.165, 1.54) is 29.5 Å². The molecule has 2 aromatic carbocycles. The molecule has 11 heteroatoms. The largest absolute Gasteiger partial charge is 0.491 e. The van der Waals surface area contributed by atoms with Crippen LogP contribution in [-0.2, 0) is 11.0 Å². The molecule has 2 unspecified atom stereocenters. The molecule has 3 atom stereocenters. The van der Waals surface area contributed by atoms with Gasteiger partial charge in [0.1, 0.15) is 23.2 Å². The standard InChI is InChI=1S/C24H23Cl2F2N3O2S2/c1-2-29-21-5-3-4-15(14-6-7-17(25)19(27)8-14)16(21)11-33-22-10-20(28)23(9-18(22)26)35(32)31-24-12-34-13-30-24/h4,6-10,12-13,16,21,29,31H,2-3,5,11H2,1H3/t16-,21?,35?/m0/s1. The fourth-order valence-corrected chi connectivity index (χ4v) is 5.89. The average molecular weight is 559 g/mol. The third-order valence-electron chi connectivity index (χ3n) is 5.68. The van der Waals surface area contributed by atoms with E-state index >= 15 is 0 Å². The highest BCUT2D eigenvalue weighted by molar-refractivity contribution is 7.86. The van der Waals surface area contributed by atoms with E-state index in [-0.39, 0.29) is 39.3 Å². The molecule has 5 nitrogen and oxygen atoms in total. The Kier molecular flexibility index (Phi) is 8.77. The van der Waals surface area contributed by atoms with Gasteiger partial charge in [-0.05, 0) is 48.7 Å². The van der Waals surface area contributed by atoms with Crippen molar-refractivity contribution in [1.29, 1.82) is 0 Å². The molecule has 0 saturated carbocycles. The first-order valence-corrected chi connectivity index (χ1v) is 13.8. The van der Waals surface area contributed by atoms with Gasteiger partial charge in [-0.25, -0.2) is 18.0 Å². The molecule has 0 fully saturated rings. The van der Waals surface area contributed by atoms with Crippen LogP contribution in [0.1, 0.15) is 25.3 Å². The van der Waals surface area contributed by atoms with Gasteiger partial charge in [0, 0.05) is 23.4 Å². The Bertz CT molecular complexity index is 1240. The first kappa shape index (κ1) is 26.0. The van der Waals surface area contributed by atoms with Crippen LogP contribution in [0, 0.1) is 17.6 Å². The molecular formula is C24H23Cl2F2N3O2S2. The number of halogens is 4. The molecule has 0 radical (unpaired) electrons. The smallest absolute Gasteiger partial charge is 0.154 e. The molecule has 0 spiro atoms. The summed E-state index contributed by atoms with van der Waals surface area (Å²) in [5.41, 5.74) is 3.23. The molecule has 1 aromatic heterocycles. The Balaban J connectivity index is 1.54. The number of allylic oxidation sites excluding steroid dienone is 1. The lowest BCUT2D eigenvalue weighted by Gasteiger charge is -2.33. The number of aromatic nitrogens is 1. The minimum atomic E-state index is -1.88. The molecule has 0 bridgehead atoms. The van der Waals surface area contributed by atoms with Crippen LogP contribution in [0.15, 0.2) is 52.2 Å². The van der Waals surface area contributed by atoms with E-state index in [9.17, 15) is 13.0 Å². The van der Waals surface area contributed by atoms with Crippen LogP contribution >= 0.6 is 34.5 Å². The second-order valence-electron chi connectivity index (χ2n) is 7.90. The van der Waals surface area contributed by atoms with E-state index in [4.69, 9.17) is 27.9 Å². The minimum absolute atomic E-state index is 0.0604. The van der Waals surface area contributed by atoms with Crippen molar-refractivity contribution in [2.45, 2.75) is 30.7 Å². The fraction of sp³-hybridized carbons (Fsp3) is 0.292. The molecule has 35 heavy (non-hydrogen) atoms. The van der Waals surface area contributed by atoms with Crippen molar-refractivity contribution in [2.75, 3.05) is 17.9 Å². The van der Waals surface area contributed by atoms with E-state index < -0.39 is 22.6 Å². The van der Waals surface area contributed by atoms with Gasteiger partial charge in [0.15, 0.2) is 11.0 Å². The normalized spacial score (nSPS) is 18.7. The number of nitrogens with zero attached hydrogens (tertiary/aromatic N) is 1. The highest BCUT2D eigenvalue weighted by Gasteiger charge is 2.30. The molecule has 1 heterocycles. The average Bonchev–Trinajstić information content (AvgIpc) is 3.34. The summed E-state index contributed by atoms with van der Waals surface area (Å²) in [5, 5.41) is 5.32. The summed E-state index contributed by atoms with van der Waals surface area (Å²) in [6.07, 6.45) is 3.78. The number of thiazole rings is 1. The van der Waals surface area contributed by atoms with Crippen LogP contribution in [0.3, 0.4) is 0 Å². The maximum absolute atomic E-state index is 14.8. The number of rotatable bonds is 9. The van der Waals surface area contributed by atoms with Crippen LogP contribution < -0.4 is 14.8 Å². The lowest BCUT2D eigenvalue weighted by atomic mass is 9.80. The summed E-state index contributed by atoms with van der Waals surface area (Å²) in [6, 6.07) is 7.24. The van der Waals surface area contributed by atoms with E-state index in [0.717, 1.165) is 36.6 Å². The van der Waals surface area contributed by atoms with Gasteiger partial charge in [0.05, 0.1) is 27.1 Å². The predicted octanol–water partition coefficient (Wildman–Crippen LogP) is 6.71. The number of benzene rings is 2. The Labute approximate surface area is 219 Å². The van der Waals surface area contributed by atoms with Crippen molar-refractivity contribution in [3.8, 4) is 5.75 Å². The van der Waals surface area contributed by atoms with Gasteiger partial charge in [0.25, 0.3) is 0 Å². The topological polar surface area (TPSA) is 63.2 Å². The molecule has 2 N–H and O–H groups in total. The van der Waals surface area contributed by atoms with Crippen LogP contribution in [-0.4, -0.2) is 28.4 Å². The maximum atomic E-state index is 14.8. The monoisotopic (exact) mass is 557 g/mol. The zero-order valence-electron chi connectivity index (χ0n) is 18.7. The highest BCUT2D eigenvalue weighted by atomic mass is 35.5. The Morgan fingerprint density at radius 1 is 1.20 bits per heavy atom. The Morgan fingerprint density at radius 2 is 2.03 bits per heavy atom. The van der Waals surface area contributed by atoms with Crippen LogP contribution in [0.25, 0.3) is 5.57 Å². The predicted molar refractivity (Wildman–Crippen MR) is 139 cm³/mol. The van der Waals surface area contributed by atoms with Gasteiger partial charge in [-0.2, -0.15) is 0 Å². The lowest BCUT2D eigenvalue weighted by molar-refractivity contribution is 0.236. The van der Waals surface area contributed by atoms with Crippen LogP contribution in [0.4, 0.5) is 14.6 Å². The highest BCUT2D eigenvalue weighted by Crippen LogP contribution is 2.36. The fourth-order valence-electron chi connectivity index (χ4n) is 4.06. The Hall–Kier alpha value is -2.04. The summed E-state index contributed by atoms with van der Waals surface area (Å²) >= 11 is 13.6. The molecule has 0 aliphatic heterocycles. The number of nitrogens with one attached hydrogen (secondary N) is 2. The first-order chi connectivity index (χ1) is 16.9. The zero-order chi connectivity index (χ0) is 24.9. The third kappa shape index (κ3) is 6.21. The Morgan fingerprint density at radius 3 is 2.74 bits per heavy atom. The molecule has 186 valence electrons. The SMILES string of the molecule is CCNC1CCC=C(c2ccc(Cl)c(F)c2)[C@@H]1COc1cc(F)c(S(=O)Nc2cscn2)cc1Cl. The summed E-state index contributed by atoms with van der Waals surface area (Å²) in [4.78, 5) is 3.89. The second-order valence-corrected chi connectivity index (χ2v) is 10.6. The molecular weight excluding hydrogens is 535 g/mol. The van der Waals surface area contributed by atoms with Crippen molar-refractivity contribution in [1.82, 2.24) is 10.3 Å². The summed E-state index contributed by atoms with van der Waals surface area (Å²) in [6.45, 7) is 2.96. The van der Waals surface area contributed by atoms with Crippen molar-refractivity contribution < 1.29 is 17.7 Å². The molecule has 1 aliphatic rings. The van der Waals surface area contributed by atoms with E-state index in [0.29, 0.717) is 5.82 Å².